The third-order valence-corrected chi connectivity index (χ3v) is 7.02. The molecule has 0 bridgehead atoms. The number of benzene rings is 2. The predicted molar refractivity (Wildman–Crippen MR) is 152 cm³/mol. The molecule has 2 aromatic rings. The Kier molecular flexibility index (Phi) is 14.2. The van der Waals surface area contributed by atoms with Crippen LogP contribution in [0.4, 0.5) is 5.69 Å². The van der Waals surface area contributed by atoms with Crippen molar-refractivity contribution in [2.75, 3.05) is 0 Å². The van der Waals surface area contributed by atoms with Crippen LogP contribution in [0.1, 0.15) is 133 Å². The summed E-state index contributed by atoms with van der Waals surface area (Å²) in [6.45, 7) is 6.53. The molecule has 2 rings (SSSR count). The summed E-state index contributed by atoms with van der Waals surface area (Å²) in [7, 11) is 0. The maximum Gasteiger partial charge on any atom is 0.163 e. The highest BCUT2D eigenvalue weighted by Crippen LogP contribution is 2.44. The number of hydrogen-bond donors (Lipinski definition) is 2. The topological polar surface area (TPSA) is 52.8 Å². The van der Waals surface area contributed by atoms with Crippen molar-refractivity contribution in [3.05, 3.63) is 53.1 Å². The summed E-state index contributed by atoms with van der Waals surface area (Å²) < 4.78 is 0. The van der Waals surface area contributed by atoms with Crippen LogP contribution in [-0.2, 0) is 0 Å². The number of phenolic OH excluding ortho intramolecular Hbond substituents is 2. The van der Waals surface area contributed by atoms with Crippen molar-refractivity contribution >= 4 is 11.9 Å². The summed E-state index contributed by atoms with van der Waals surface area (Å²) in [6, 6.07) is 11.6. The van der Waals surface area contributed by atoms with E-state index >= 15 is 0 Å². The van der Waals surface area contributed by atoms with Crippen LogP contribution in [0, 0.1) is 6.92 Å². The first-order chi connectivity index (χ1) is 17.1. The van der Waals surface area contributed by atoms with Gasteiger partial charge < -0.3 is 10.2 Å². The zero-order valence-corrected chi connectivity index (χ0v) is 22.6. The van der Waals surface area contributed by atoms with Crippen LogP contribution >= 0.6 is 0 Å². The number of nitrogens with zero attached hydrogens (tertiary/aromatic N) is 1. The highest BCUT2D eigenvalue weighted by Gasteiger charge is 2.21. The van der Waals surface area contributed by atoms with Crippen molar-refractivity contribution in [1.29, 1.82) is 0 Å². The fourth-order valence-electron chi connectivity index (χ4n) is 5.01. The lowest BCUT2D eigenvalue weighted by Crippen LogP contribution is -2.01. The molecule has 1 unspecified atom stereocenters. The van der Waals surface area contributed by atoms with Crippen molar-refractivity contribution in [2.45, 2.75) is 123 Å². The number of hydrogen-bond acceptors (Lipinski definition) is 3. The number of aliphatic imine (C=N–C) groups is 1. The van der Waals surface area contributed by atoms with Crippen LogP contribution in [0.3, 0.4) is 0 Å². The first kappa shape index (κ1) is 28.9. The summed E-state index contributed by atoms with van der Waals surface area (Å²) >= 11 is 0. The van der Waals surface area contributed by atoms with Gasteiger partial charge in [0.25, 0.3) is 0 Å². The van der Waals surface area contributed by atoms with E-state index in [1.807, 2.05) is 24.4 Å². The van der Waals surface area contributed by atoms with E-state index in [4.69, 9.17) is 4.99 Å². The lowest BCUT2D eigenvalue weighted by atomic mass is 9.87. The number of phenols is 2. The van der Waals surface area contributed by atoms with Gasteiger partial charge in [-0.15, -0.1) is 0 Å². The van der Waals surface area contributed by atoms with E-state index in [0.717, 1.165) is 42.5 Å². The molecular formula is C32H49NO2. The molecule has 1 atom stereocenters. The molecule has 0 fully saturated rings. The monoisotopic (exact) mass is 479 g/mol. The summed E-state index contributed by atoms with van der Waals surface area (Å²) in [4.78, 5) is 4.74. The van der Waals surface area contributed by atoms with E-state index in [1.54, 1.807) is 6.07 Å². The Morgan fingerprint density at radius 1 is 0.743 bits per heavy atom. The maximum atomic E-state index is 10.8. The molecule has 3 heteroatoms. The van der Waals surface area contributed by atoms with Gasteiger partial charge >= 0.3 is 0 Å². The molecule has 0 radical (unpaired) electrons. The van der Waals surface area contributed by atoms with Gasteiger partial charge in [-0.3, -0.25) is 4.99 Å². The van der Waals surface area contributed by atoms with Gasteiger partial charge in [0.1, 0.15) is 0 Å². The predicted octanol–water partition coefficient (Wildman–Crippen LogP) is 10.1. The minimum atomic E-state index is -0.0506. The number of aryl methyl sites for hydroxylation is 1. The molecule has 0 aromatic heterocycles. The Labute approximate surface area is 214 Å². The minimum absolute atomic E-state index is 0.00118. The molecule has 0 saturated carbocycles. The van der Waals surface area contributed by atoms with Gasteiger partial charge in [0.15, 0.2) is 11.5 Å². The molecule has 0 amide bonds. The molecule has 2 aromatic carbocycles. The molecule has 0 saturated heterocycles. The zero-order chi connectivity index (χ0) is 25.3. The third kappa shape index (κ3) is 10.9. The molecule has 0 aliphatic carbocycles. The maximum absolute atomic E-state index is 10.8. The van der Waals surface area contributed by atoms with Crippen molar-refractivity contribution in [3.63, 3.8) is 0 Å². The summed E-state index contributed by atoms with van der Waals surface area (Å²) in [5, 5.41) is 21.0. The SMILES string of the molecule is CCCCCCCCCCCCCCC(CCC)c1c(N=Cc2cccc(C)c2)ccc(O)c1O. The number of unbranched alkanes of at least 4 members (excludes halogenated alkanes) is 11. The molecule has 194 valence electrons. The lowest BCUT2D eigenvalue weighted by Gasteiger charge is -2.20. The van der Waals surface area contributed by atoms with E-state index in [1.165, 1.54) is 76.2 Å². The first-order valence-corrected chi connectivity index (χ1v) is 14.2. The van der Waals surface area contributed by atoms with E-state index in [0.29, 0.717) is 0 Å². The fourth-order valence-corrected chi connectivity index (χ4v) is 5.01. The van der Waals surface area contributed by atoms with Crippen molar-refractivity contribution < 1.29 is 10.2 Å². The highest BCUT2D eigenvalue weighted by molar-refractivity contribution is 5.83. The third-order valence-electron chi connectivity index (χ3n) is 7.02. The van der Waals surface area contributed by atoms with Crippen molar-refractivity contribution in [3.8, 4) is 11.5 Å². The Balaban J connectivity index is 1.88. The summed E-state index contributed by atoms with van der Waals surface area (Å²) in [6.07, 6.45) is 21.0. The lowest BCUT2D eigenvalue weighted by molar-refractivity contribution is 0.391. The standard InChI is InChI=1S/C32H49NO2/c1-4-6-7-8-9-10-11-12-13-14-15-16-21-28(18-5-2)31-29(22-23-30(34)32(31)35)33-25-27-20-17-19-26(3)24-27/h17,19-20,22-25,28,34-35H,4-16,18,21H2,1-3H3. The quantitative estimate of drug-likeness (QED) is 0.127. The van der Waals surface area contributed by atoms with Crippen LogP contribution in [0.5, 0.6) is 11.5 Å². The summed E-state index contributed by atoms with van der Waals surface area (Å²) in [5.74, 6) is 0.159. The second kappa shape index (κ2) is 17.2. The normalized spacial score (nSPS) is 12.4. The van der Waals surface area contributed by atoms with Gasteiger partial charge in [-0.2, -0.15) is 0 Å². The van der Waals surface area contributed by atoms with Gasteiger partial charge in [0, 0.05) is 11.8 Å². The first-order valence-electron chi connectivity index (χ1n) is 14.2. The summed E-state index contributed by atoms with van der Waals surface area (Å²) in [5.41, 5.74) is 3.80. The van der Waals surface area contributed by atoms with Gasteiger partial charge in [0.05, 0.1) is 5.69 Å². The van der Waals surface area contributed by atoms with Crippen molar-refractivity contribution in [2.24, 2.45) is 4.99 Å². The van der Waals surface area contributed by atoms with E-state index in [2.05, 4.69) is 32.9 Å². The Hall–Kier alpha value is -2.29. The number of aromatic hydroxyl groups is 2. The van der Waals surface area contributed by atoms with E-state index in [-0.39, 0.29) is 17.4 Å². The Morgan fingerprint density at radius 3 is 1.97 bits per heavy atom. The van der Waals surface area contributed by atoms with Crippen LogP contribution in [0.15, 0.2) is 41.4 Å². The average Bonchev–Trinajstić information content (AvgIpc) is 2.85. The largest absolute Gasteiger partial charge is 0.504 e. The minimum Gasteiger partial charge on any atom is -0.504 e. The smallest absolute Gasteiger partial charge is 0.163 e. The van der Waals surface area contributed by atoms with Gasteiger partial charge in [0.2, 0.25) is 0 Å². The zero-order valence-electron chi connectivity index (χ0n) is 22.6. The Morgan fingerprint density at radius 2 is 1.37 bits per heavy atom. The molecule has 0 aliphatic rings. The van der Waals surface area contributed by atoms with Crippen LogP contribution in [0.25, 0.3) is 0 Å². The van der Waals surface area contributed by atoms with Gasteiger partial charge in [-0.25, -0.2) is 0 Å². The van der Waals surface area contributed by atoms with E-state index < -0.39 is 0 Å². The average molecular weight is 480 g/mol. The molecule has 3 nitrogen and oxygen atoms in total. The molecular weight excluding hydrogens is 430 g/mol. The molecule has 35 heavy (non-hydrogen) atoms. The van der Waals surface area contributed by atoms with Crippen LogP contribution < -0.4 is 0 Å². The molecule has 2 N–H and O–H groups in total. The van der Waals surface area contributed by atoms with Gasteiger partial charge in [-0.05, 0) is 43.4 Å². The molecule has 0 spiro atoms. The number of rotatable bonds is 18. The Bertz CT molecular complexity index is 874. The molecule has 0 aliphatic heterocycles. The van der Waals surface area contributed by atoms with Crippen molar-refractivity contribution in [1.82, 2.24) is 0 Å². The second-order valence-electron chi connectivity index (χ2n) is 10.2. The van der Waals surface area contributed by atoms with Crippen LogP contribution in [-0.4, -0.2) is 16.4 Å². The van der Waals surface area contributed by atoms with E-state index in [9.17, 15) is 10.2 Å². The van der Waals surface area contributed by atoms with Gasteiger partial charge in [-0.1, -0.05) is 127 Å². The highest BCUT2D eigenvalue weighted by atomic mass is 16.3. The fraction of sp³-hybridized carbons (Fsp3) is 0.594. The second-order valence-corrected chi connectivity index (χ2v) is 10.2. The molecule has 0 heterocycles. The van der Waals surface area contributed by atoms with Crippen LogP contribution in [0.2, 0.25) is 0 Å².